The van der Waals surface area contributed by atoms with E-state index in [0.717, 1.165) is 21.8 Å². The van der Waals surface area contributed by atoms with Crippen molar-refractivity contribution in [2.45, 2.75) is 0 Å². The number of carbonyl (C=O) groups is 2. The summed E-state index contributed by atoms with van der Waals surface area (Å²) >= 11 is 14.2. The lowest BCUT2D eigenvalue weighted by Gasteiger charge is -2.03. The van der Waals surface area contributed by atoms with Crippen LogP contribution in [0.25, 0.3) is 10.4 Å². The van der Waals surface area contributed by atoms with E-state index in [1.807, 2.05) is 30.3 Å². The molecule has 2 heterocycles. The Morgan fingerprint density at radius 2 is 1.71 bits per heavy atom. The number of benzene rings is 1. The molecule has 24 heavy (non-hydrogen) atoms. The van der Waals surface area contributed by atoms with Gasteiger partial charge in [0, 0.05) is 4.88 Å². The van der Waals surface area contributed by atoms with E-state index < -0.39 is 11.8 Å². The van der Waals surface area contributed by atoms with Crippen LogP contribution in [-0.4, -0.2) is 11.8 Å². The lowest BCUT2D eigenvalue weighted by molar-refractivity contribution is 0.100. The molecule has 0 spiro atoms. The molecule has 8 heteroatoms. The molecule has 4 nitrogen and oxygen atoms in total. The minimum atomic E-state index is -0.613. The Kier molecular flexibility index (Phi) is 4.91. The molecule has 0 atom stereocenters. The smallest absolute Gasteiger partial charge is 0.258 e. The Hall–Kier alpha value is -1.86. The van der Waals surface area contributed by atoms with E-state index in [1.165, 1.54) is 17.4 Å². The van der Waals surface area contributed by atoms with Gasteiger partial charge in [-0.15, -0.1) is 22.7 Å². The van der Waals surface area contributed by atoms with Crippen LogP contribution in [0.15, 0.2) is 42.5 Å². The molecule has 0 bridgehead atoms. The monoisotopic (exact) mass is 396 g/mol. The average molecular weight is 397 g/mol. The number of hydrogen-bond acceptors (Lipinski definition) is 4. The van der Waals surface area contributed by atoms with Gasteiger partial charge in [-0.2, -0.15) is 0 Å². The molecular formula is C16H10Cl2N2O2S2. The average Bonchev–Trinajstić information content (AvgIpc) is 3.11. The summed E-state index contributed by atoms with van der Waals surface area (Å²) in [5.74, 6) is -1.05. The zero-order valence-corrected chi connectivity index (χ0v) is 15.2. The maximum Gasteiger partial charge on any atom is 0.258 e. The van der Waals surface area contributed by atoms with Crippen LogP contribution in [0.4, 0.5) is 5.00 Å². The van der Waals surface area contributed by atoms with Crippen molar-refractivity contribution in [2.75, 3.05) is 5.32 Å². The number of nitrogens with two attached hydrogens (primary N) is 1. The first-order valence-corrected chi connectivity index (χ1v) is 9.10. The highest BCUT2D eigenvalue weighted by molar-refractivity contribution is 7.20. The van der Waals surface area contributed by atoms with Gasteiger partial charge in [0.15, 0.2) is 0 Å². The summed E-state index contributed by atoms with van der Waals surface area (Å²) in [7, 11) is 0. The zero-order chi connectivity index (χ0) is 17.3. The summed E-state index contributed by atoms with van der Waals surface area (Å²) in [6, 6.07) is 12.7. The van der Waals surface area contributed by atoms with E-state index >= 15 is 0 Å². The Morgan fingerprint density at radius 3 is 2.29 bits per heavy atom. The minimum absolute atomic E-state index is 0.254. The van der Waals surface area contributed by atoms with Gasteiger partial charge in [-0.3, -0.25) is 9.59 Å². The number of rotatable bonds is 4. The second kappa shape index (κ2) is 6.94. The molecule has 2 aromatic heterocycles. The van der Waals surface area contributed by atoms with Crippen LogP contribution in [0.2, 0.25) is 8.67 Å². The summed E-state index contributed by atoms with van der Waals surface area (Å²) in [6.07, 6.45) is 0. The summed E-state index contributed by atoms with van der Waals surface area (Å²) in [5, 5.41) is 3.07. The number of nitrogens with one attached hydrogen (secondary N) is 1. The molecule has 0 aliphatic heterocycles. The van der Waals surface area contributed by atoms with E-state index in [-0.39, 0.29) is 15.5 Å². The first-order chi connectivity index (χ1) is 11.5. The van der Waals surface area contributed by atoms with Crippen molar-refractivity contribution in [1.29, 1.82) is 0 Å². The molecule has 0 aliphatic rings. The molecular weight excluding hydrogens is 387 g/mol. The van der Waals surface area contributed by atoms with Crippen molar-refractivity contribution in [3.05, 3.63) is 62.3 Å². The van der Waals surface area contributed by atoms with E-state index in [2.05, 4.69) is 5.32 Å². The third kappa shape index (κ3) is 3.47. The van der Waals surface area contributed by atoms with Gasteiger partial charge >= 0.3 is 0 Å². The molecule has 0 fully saturated rings. The van der Waals surface area contributed by atoms with Crippen LogP contribution in [0.3, 0.4) is 0 Å². The fourth-order valence-electron chi connectivity index (χ4n) is 2.08. The van der Waals surface area contributed by atoms with Gasteiger partial charge < -0.3 is 11.1 Å². The highest BCUT2D eigenvalue weighted by Gasteiger charge is 2.20. The van der Waals surface area contributed by atoms with Crippen molar-refractivity contribution in [3.63, 3.8) is 0 Å². The Labute approximate surface area is 155 Å². The molecule has 2 amide bonds. The van der Waals surface area contributed by atoms with Crippen LogP contribution in [0.5, 0.6) is 0 Å². The van der Waals surface area contributed by atoms with Gasteiger partial charge in [0.2, 0.25) is 0 Å². The Morgan fingerprint density at radius 1 is 1.00 bits per heavy atom. The topological polar surface area (TPSA) is 72.2 Å². The van der Waals surface area contributed by atoms with E-state index in [4.69, 9.17) is 28.9 Å². The van der Waals surface area contributed by atoms with E-state index in [1.54, 1.807) is 6.07 Å². The third-order valence-corrected chi connectivity index (χ3v) is 5.77. The maximum atomic E-state index is 12.4. The van der Waals surface area contributed by atoms with Crippen molar-refractivity contribution in [1.82, 2.24) is 0 Å². The SMILES string of the molecule is NC(=O)c1cc(-c2ccccc2)sc1NC(=O)c1cc(Cl)sc1Cl. The molecule has 0 aliphatic carbocycles. The molecule has 3 N–H and O–H groups in total. The molecule has 3 aromatic rings. The number of primary amides is 1. The predicted octanol–water partition coefficient (Wildman–Crippen LogP) is 5.13. The van der Waals surface area contributed by atoms with Crippen LogP contribution in [-0.2, 0) is 0 Å². The van der Waals surface area contributed by atoms with Crippen molar-refractivity contribution >= 4 is 62.7 Å². The molecule has 0 unspecified atom stereocenters. The Balaban J connectivity index is 1.95. The molecule has 122 valence electrons. The molecule has 0 saturated heterocycles. The van der Waals surface area contributed by atoms with Gasteiger partial charge in [0.1, 0.15) is 9.34 Å². The summed E-state index contributed by atoms with van der Waals surface area (Å²) in [5.41, 5.74) is 6.87. The van der Waals surface area contributed by atoms with Crippen LogP contribution < -0.4 is 11.1 Å². The second-order valence-corrected chi connectivity index (χ2v) is 8.11. The van der Waals surface area contributed by atoms with Gasteiger partial charge in [0.25, 0.3) is 11.8 Å². The van der Waals surface area contributed by atoms with Crippen molar-refractivity contribution in [2.24, 2.45) is 5.73 Å². The van der Waals surface area contributed by atoms with Crippen LogP contribution >= 0.6 is 45.9 Å². The highest BCUT2D eigenvalue weighted by atomic mass is 35.5. The quantitative estimate of drug-likeness (QED) is 0.640. The van der Waals surface area contributed by atoms with Crippen LogP contribution in [0, 0.1) is 0 Å². The minimum Gasteiger partial charge on any atom is -0.366 e. The fraction of sp³-hybridized carbons (Fsp3) is 0. The van der Waals surface area contributed by atoms with Gasteiger partial charge in [-0.1, -0.05) is 53.5 Å². The lowest BCUT2D eigenvalue weighted by Crippen LogP contribution is -2.16. The van der Waals surface area contributed by atoms with E-state index in [9.17, 15) is 9.59 Å². The third-order valence-electron chi connectivity index (χ3n) is 3.18. The largest absolute Gasteiger partial charge is 0.366 e. The van der Waals surface area contributed by atoms with Crippen molar-refractivity contribution < 1.29 is 9.59 Å². The van der Waals surface area contributed by atoms with Gasteiger partial charge in [-0.25, -0.2) is 0 Å². The van der Waals surface area contributed by atoms with Gasteiger partial charge in [0.05, 0.1) is 15.5 Å². The maximum absolute atomic E-state index is 12.4. The number of halogens is 2. The standard InChI is InChI=1S/C16H10Cl2N2O2S2/c17-12-7-9(13(18)24-12)15(22)20-16-10(14(19)21)6-11(23-16)8-4-2-1-3-5-8/h1-7H,(H2,19,21)(H,20,22). The zero-order valence-electron chi connectivity index (χ0n) is 12.0. The summed E-state index contributed by atoms with van der Waals surface area (Å²) in [6.45, 7) is 0. The molecule has 0 saturated carbocycles. The number of amides is 2. The number of thiophene rings is 2. The summed E-state index contributed by atoms with van der Waals surface area (Å²) < 4.78 is 0.703. The molecule has 1 aromatic carbocycles. The number of anilines is 1. The number of carbonyl (C=O) groups excluding carboxylic acids is 2. The van der Waals surface area contributed by atoms with Crippen LogP contribution in [0.1, 0.15) is 20.7 Å². The van der Waals surface area contributed by atoms with Crippen molar-refractivity contribution in [3.8, 4) is 10.4 Å². The predicted molar refractivity (Wildman–Crippen MR) is 101 cm³/mol. The fourth-order valence-corrected chi connectivity index (χ4v) is 4.60. The molecule has 3 rings (SSSR count). The number of hydrogen-bond donors (Lipinski definition) is 2. The first kappa shape index (κ1) is 17.0. The first-order valence-electron chi connectivity index (χ1n) is 6.71. The molecule has 0 radical (unpaired) electrons. The lowest BCUT2D eigenvalue weighted by atomic mass is 10.1. The summed E-state index contributed by atoms with van der Waals surface area (Å²) in [4.78, 5) is 24.9. The normalized spacial score (nSPS) is 10.6. The highest BCUT2D eigenvalue weighted by Crippen LogP contribution is 2.37. The second-order valence-electron chi connectivity index (χ2n) is 4.78. The van der Waals surface area contributed by atoms with Gasteiger partial charge in [-0.05, 0) is 17.7 Å². The Bertz CT molecular complexity index is 920. The van der Waals surface area contributed by atoms with E-state index in [0.29, 0.717) is 9.34 Å².